The minimum atomic E-state index is -0.573. The Morgan fingerprint density at radius 1 is 0.913 bits per heavy atom. The Kier molecular flexibility index (Phi) is 11.1. The summed E-state index contributed by atoms with van der Waals surface area (Å²) in [6.45, 7) is 0. The molecule has 0 aliphatic heterocycles. The van der Waals surface area contributed by atoms with Crippen molar-refractivity contribution in [2.24, 2.45) is 0 Å². The average Bonchev–Trinajstić information content (AvgIpc) is 3.54. The van der Waals surface area contributed by atoms with Crippen molar-refractivity contribution in [2.75, 3.05) is 23.5 Å². The van der Waals surface area contributed by atoms with Gasteiger partial charge in [-0.3, -0.25) is 14.4 Å². The van der Waals surface area contributed by atoms with E-state index < -0.39 is 11.8 Å². The summed E-state index contributed by atoms with van der Waals surface area (Å²) in [6, 6.07) is 28.1. The monoisotopic (exact) mass is 688 g/mol. The third-order valence-electron chi connectivity index (χ3n) is 6.39. The van der Waals surface area contributed by atoms with Crippen molar-refractivity contribution in [2.45, 2.75) is 4.90 Å². The van der Waals surface area contributed by atoms with Gasteiger partial charge in [0.05, 0.1) is 28.6 Å². The number of carbonyl (C=O) groups excluding carboxylic acids is 3. The van der Waals surface area contributed by atoms with E-state index in [9.17, 15) is 14.4 Å². The predicted molar refractivity (Wildman–Crippen MR) is 187 cm³/mol. The van der Waals surface area contributed by atoms with E-state index in [0.29, 0.717) is 27.0 Å². The zero-order valence-corrected chi connectivity index (χ0v) is 27.4. The molecule has 3 N–H and O–H groups in total. The summed E-state index contributed by atoms with van der Waals surface area (Å²) in [4.78, 5) is 44.4. The van der Waals surface area contributed by atoms with Crippen LogP contribution in [-0.2, 0) is 9.59 Å². The van der Waals surface area contributed by atoms with Gasteiger partial charge in [-0.05, 0) is 60.2 Å². The molecule has 12 heteroatoms. The molecule has 0 saturated heterocycles. The van der Waals surface area contributed by atoms with Gasteiger partial charge in [-0.1, -0.05) is 71.7 Å². The first kappa shape index (κ1) is 32.8. The summed E-state index contributed by atoms with van der Waals surface area (Å²) in [5.41, 5.74) is 2.89. The van der Waals surface area contributed by atoms with E-state index in [2.05, 4.69) is 20.9 Å². The first-order chi connectivity index (χ1) is 22.3. The second-order valence-electron chi connectivity index (χ2n) is 9.61. The third-order valence-corrected chi connectivity index (χ3v) is 8.97. The highest BCUT2D eigenvalue weighted by Gasteiger charge is 2.17. The second kappa shape index (κ2) is 15.6. The average molecular weight is 690 g/mol. The molecule has 232 valence electrons. The number of hydrogen-bond donors (Lipinski definition) is 3. The molecule has 0 aliphatic rings. The van der Waals surface area contributed by atoms with Crippen molar-refractivity contribution in [3.63, 3.8) is 0 Å². The van der Waals surface area contributed by atoms with E-state index in [4.69, 9.17) is 27.9 Å². The summed E-state index contributed by atoms with van der Waals surface area (Å²) < 4.78 is 5.28. The Bertz CT molecular complexity index is 1910. The van der Waals surface area contributed by atoms with Crippen LogP contribution in [0.3, 0.4) is 0 Å². The molecule has 0 saturated carbocycles. The molecule has 1 aromatic heterocycles. The number of anilines is 2. The summed E-state index contributed by atoms with van der Waals surface area (Å²) in [5, 5.41) is 11.2. The van der Waals surface area contributed by atoms with E-state index in [1.165, 1.54) is 29.2 Å². The fourth-order valence-electron chi connectivity index (χ4n) is 4.14. The molecule has 1 heterocycles. The van der Waals surface area contributed by atoms with Gasteiger partial charge < -0.3 is 20.7 Å². The van der Waals surface area contributed by atoms with Crippen LogP contribution < -0.4 is 20.7 Å². The van der Waals surface area contributed by atoms with Crippen LogP contribution in [0.25, 0.3) is 17.3 Å². The first-order valence-corrected chi connectivity index (χ1v) is 16.4. The molecule has 0 radical (unpaired) electrons. The molecule has 0 fully saturated rings. The molecule has 4 aromatic carbocycles. The highest BCUT2D eigenvalue weighted by atomic mass is 35.5. The van der Waals surface area contributed by atoms with Crippen LogP contribution in [0, 0.1) is 0 Å². The summed E-state index contributed by atoms with van der Waals surface area (Å²) >= 11 is 15.2. The fraction of sp³-hybridized carbons (Fsp3) is 0.0588. The number of thioether (sulfide) groups is 1. The van der Waals surface area contributed by atoms with E-state index in [0.717, 1.165) is 21.9 Å². The lowest BCUT2D eigenvalue weighted by molar-refractivity contribution is -0.114. The Labute approximate surface area is 283 Å². The maximum absolute atomic E-state index is 13.4. The van der Waals surface area contributed by atoms with E-state index in [1.807, 2.05) is 35.7 Å². The highest BCUT2D eigenvalue weighted by molar-refractivity contribution is 8.00. The van der Waals surface area contributed by atoms with E-state index >= 15 is 0 Å². The van der Waals surface area contributed by atoms with Crippen LogP contribution in [-0.4, -0.2) is 35.6 Å². The third kappa shape index (κ3) is 8.76. The normalized spacial score (nSPS) is 11.1. The standard InChI is InChI=1S/C34H26Cl2N4O4S2/c1-44-25-13-5-10-22(16-25)29-19-46-34(39-29)40-30(41)20-45-26-14-7-12-24(18-26)37-33(43)28(17-23-11-6-15-27(35)31(23)36)38-32(42)21-8-3-2-4-9-21/h2-19H,20H2,1H3,(H,37,43)(H,38,42)(H,39,40,41)/b28-17+. The maximum Gasteiger partial charge on any atom is 0.272 e. The molecule has 3 amide bonds. The second-order valence-corrected chi connectivity index (χ2v) is 12.3. The molecule has 46 heavy (non-hydrogen) atoms. The quantitative estimate of drug-likeness (QED) is 0.0952. The number of hydrogen-bond acceptors (Lipinski definition) is 7. The lowest BCUT2D eigenvalue weighted by Crippen LogP contribution is -2.30. The molecule has 8 nitrogen and oxygen atoms in total. The SMILES string of the molecule is COc1cccc(-c2csc(NC(=O)CSc3cccc(NC(=O)/C(=C\c4cccc(Cl)c4Cl)NC(=O)c4ccccc4)c3)n2)c1. The van der Waals surface area contributed by atoms with Gasteiger partial charge in [0.1, 0.15) is 11.4 Å². The van der Waals surface area contributed by atoms with Gasteiger partial charge in [-0.15, -0.1) is 23.1 Å². The molecule has 0 bridgehead atoms. The number of methoxy groups -OCH3 is 1. The summed E-state index contributed by atoms with van der Waals surface area (Å²) in [6.07, 6.45) is 1.46. The van der Waals surface area contributed by atoms with Gasteiger partial charge in [0, 0.05) is 27.1 Å². The molecular weight excluding hydrogens is 663 g/mol. The van der Waals surface area contributed by atoms with Crippen LogP contribution in [0.4, 0.5) is 10.8 Å². The van der Waals surface area contributed by atoms with Crippen LogP contribution >= 0.6 is 46.3 Å². The van der Waals surface area contributed by atoms with Crippen LogP contribution in [0.15, 0.2) is 113 Å². The number of aromatic nitrogens is 1. The van der Waals surface area contributed by atoms with E-state index in [1.54, 1.807) is 73.8 Å². The summed E-state index contributed by atoms with van der Waals surface area (Å²) in [7, 11) is 1.60. The topological polar surface area (TPSA) is 109 Å². The van der Waals surface area contributed by atoms with E-state index in [-0.39, 0.29) is 22.4 Å². The number of rotatable bonds is 11. The Morgan fingerprint density at radius 3 is 2.50 bits per heavy atom. The number of nitrogens with zero attached hydrogens (tertiary/aromatic N) is 1. The van der Waals surface area contributed by atoms with Gasteiger partial charge in [0.2, 0.25) is 5.91 Å². The van der Waals surface area contributed by atoms with Crippen LogP contribution in [0.2, 0.25) is 10.0 Å². The Hall–Kier alpha value is -4.61. The number of nitrogens with one attached hydrogen (secondary N) is 3. The predicted octanol–water partition coefficient (Wildman–Crippen LogP) is 8.27. The first-order valence-electron chi connectivity index (χ1n) is 13.7. The highest BCUT2D eigenvalue weighted by Crippen LogP contribution is 2.29. The fourth-order valence-corrected chi connectivity index (χ4v) is 6.00. The van der Waals surface area contributed by atoms with Crippen molar-refractivity contribution in [1.82, 2.24) is 10.3 Å². The van der Waals surface area contributed by atoms with Crippen molar-refractivity contribution in [3.8, 4) is 17.0 Å². The minimum Gasteiger partial charge on any atom is -0.497 e. The molecule has 0 aliphatic carbocycles. The van der Waals surface area contributed by atoms with Gasteiger partial charge in [-0.25, -0.2) is 4.98 Å². The zero-order valence-electron chi connectivity index (χ0n) is 24.3. The molecule has 0 spiro atoms. The van der Waals surface area contributed by atoms with Crippen LogP contribution in [0.1, 0.15) is 15.9 Å². The number of amides is 3. The lowest BCUT2D eigenvalue weighted by atomic mass is 10.1. The number of benzene rings is 4. The maximum atomic E-state index is 13.4. The smallest absolute Gasteiger partial charge is 0.272 e. The molecule has 5 aromatic rings. The lowest BCUT2D eigenvalue weighted by Gasteiger charge is -2.13. The Balaban J connectivity index is 1.24. The van der Waals surface area contributed by atoms with Crippen molar-refractivity contribution < 1.29 is 19.1 Å². The summed E-state index contributed by atoms with van der Waals surface area (Å²) in [5.74, 6) is -0.419. The van der Waals surface area contributed by atoms with Crippen LogP contribution in [0.5, 0.6) is 5.75 Å². The largest absolute Gasteiger partial charge is 0.497 e. The van der Waals surface area contributed by atoms with Gasteiger partial charge in [0.25, 0.3) is 11.8 Å². The van der Waals surface area contributed by atoms with Crippen molar-refractivity contribution in [3.05, 3.63) is 129 Å². The molecule has 5 rings (SSSR count). The Morgan fingerprint density at radius 2 is 1.70 bits per heavy atom. The van der Waals surface area contributed by atoms with Gasteiger partial charge >= 0.3 is 0 Å². The number of carbonyl (C=O) groups is 3. The molecule has 0 atom stereocenters. The van der Waals surface area contributed by atoms with Gasteiger partial charge in [-0.2, -0.15) is 0 Å². The van der Waals surface area contributed by atoms with Gasteiger partial charge in [0.15, 0.2) is 5.13 Å². The zero-order chi connectivity index (χ0) is 32.5. The minimum absolute atomic E-state index is 0.0350. The molecular formula is C34H26Cl2N4O4S2. The van der Waals surface area contributed by atoms with Crippen molar-refractivity contribution in [1.29, 1.82) is 0 Å². The number of halogens is 2. The number of thiazole rings is 1. The molecule has 0 unspecified atom stereocenters. The van der Waals surface area contributed by atoms with Crippen molar-refractivity contribution >= 4 is 80.9 Å². The number of ether oxygens (including phenoxy) is 1.